The number of carbonyl (C=O) groups is 3. The molecule has 0 aliphatic carbocycles. The number of aryl methyl sites for hydroxylation is 2. The number of piperidine rings is 1. The first kappa shape index (κ1) is 22.8. The first-order valence-corrected chi connectivity index (χ1v) is 11.8. The van der Waals surface area contributed by atoms with E-state index in [2.05, 4.69) is 20.8 Å². The summed E-state index contributed by atoms with van der Waals surface area (Å²) in [4.78, 5) is 44.5. The van der Waals surface area contributed by atoms with Crippen LogP contribution in [0.3, 0.4) is 0 Å². The molecule has 1 fully saturated rings. The molecule has 2 aromatic heterocycles. The van der Waals surface area contributed by atoms with E-state index in [9.17, 15) is 14.4 Å². The Kier molecular flexibility index (Phi) is 6.07. The molecular weight excluding hydrogens is 446 g/mol. The number of hydrogen-bond acceptors (Lipinski definition) is 6. The van der Waals surface area contributed by atoms with Crippen LogP contribution in [-0.4, -0.2) is 45.9 Å². The SMILES string of the molecule is Cc1noc(C)c1C(=O)N1CCC([C@H]2C(=O)Nc3ccc(C(=O)NCc4cccnc4)cc32)CC1. The number of likely N-dealkylation sites (tertiary alicyclic amines) is 1. The van der Waals surface area contributed by atoms with Gasteiger partial charge in [-0.1, -0.05) is 11.2 Å². The third-order valence-corrected chi connectivity index (χ3v) is 6.91. The van der Waals surface area contributed by atoms with Crippen LogP contribution >= 0.6 is 0 Å². The van der Waals surface area contributed by atoms with Crippen LogP contribution in [0.15, 0.2) is 47.2 Å². The zero-order valence-corrected chi connectivity index (χ0v) is 19.7. The number of benzene rings is 1. The van der Waals surface area contributed by atoms with Crippen LogP contribution in [0.5, 0.6) is 0 Å². The molecule has 0 unspecified atom stereocenters. The zero-order chi connectivity index (χ0) is 24.5. The number of fused-ring (bicyclic) bond motifs is 1. The van der Waals surface area contributed by atoms with Crippen LogP contribution in [0.25, 0.3) is 0 Å². The minimum absolute atomic E-state index is 0.0524. The van der Waals surface area contributed by atoms with Gasteiger partial charge in [-0.2, -0.15) is 0 Å². The highest BCUT2D eigenvalue weighted by atomic mass is 16.5. The third-order valence-electron chi connectivity index (χ3n) is 6.91. The summed E-state index contributed by atoms with van der Waals surface area (Å²) in [6.07, 6.45) is 4.80. The normalized spacial score (nSPS) is 17.7. The highest BCUT2D eigenvalue weighted by molar-refractivity contribution is 6.05. The van der Waals surface area contributed by atoms with E-state index in [1.54, 1.807) is 43.3 Å². The fraction of sp³-hybridized carbons (Fsp3) is 0.346. The number of amides is 3. The van der Waals surface area contributed by atoms with Gasteiger partial charge in [-0.3, -0.25) is 19.4 Å². The molecule has 3 amide bonds. The summed E-state index contributed by atoms with van der Waals surface area (Å²) in [6, 6.07) is 9.06. The van der Waals surface area contributed by atoms with Gasteiger partial charge in [0.15, 0.2) is 0 Å². The van der Waals surface area contributed by atoms with Gasteiger partial charge >= 0.3 is 0 Å². The summed E-state index contributed by atoms with van der Waals surface area (Å²) in [5.74, 6) is -0.0688. The minimum atomic E-state index is -0.340. The van der Waals surface area contributed by atoms with E-state index < -0.39 is 0 Å². The molecule has 0 bridgehead atoms. The van der Waals surface area contributed by atoms with E-state index in [4.69, 9.17) is 4.52 Å². The van der Waals surface area contributed by atoms with Gasteiger partial charge in [0.25, 0.3) is 11.8 Å². The quantitative estimate of drug-likeness (QED) is 0.588. The van der Waals surface area contributed by atoms with Crippen LogP contribution in [0, 0.1) is 19.8 Å². The summed E-state index contributed by atoms with van der Waals surface area (Å²) in [5.41, 5.74) is 4.13. The van der Waals surface area contributed by atoms with Crippen molar-refractivity contribution in [3.8, 4) is 0 Å². The first-order valence-electron chi connectivity index (χ1n) is 11.8. The molecule has 1 saturated heterocycles. The monoisotopic (exact) mass is 473 g/mol. The van der Waals surface area contributed by atoms with Crippen molar-refractivity contribution in [1.29, 1.82) is 0 Å². The number of hydrogen-bond donors (Lipinski definition) is 2. The highest BCUT2D eigenvalue weighted by Gasteiger charge is 2.39. The molecular formula is C26H27N5O4. The van der Waals surface area contributed by atoms with E-state index in [0.717, 1.165) is 16.8 Å². The van der Waals surface area contributed by atoms with Crippen molar-refractivity contribution >= 4 is 23.4 Å². The summed E-state index contributed by atoms with van der Waals surface area (Å²) < 4.78 is 5.15. The Balaban J connectivity index is 1.27. The van der Waals surface area contributed by atoms with Crippen molar-refractivity contribution in [1.82, 2.24) is 20.4 Å². The van der Waals surface area contributed by atoms with Gasteiger partial charge in [0.05, 0.1) is 11.6 Å². The molecule has 1 atom stereocenters. The van der Waals surface area contributed by atoms with E-state index in [0.29, 0.717) is 55.1 Å². The minimum Gasteiger partial charge on any atom is -0.361 e. The lowest BCUT2D eigenvalue weighted by atomic mass is 9.80. The molecule has 0 saturated carbocycles. The summed E-state index contributed by atoms with van der Waals surface area (Å²) in [7, 11) is 0. The number of rotatable bonds is 5. The largest absolute Gasteiger partial charge is 0.361 e. The van der Waals surface area contributed by atoms with E-state index in [1.807, 2.05) is 18.2 Å². The Morgan fingerprint density at radius 2 is 2.00 bits per heavy atom. The van der Waals surface area contributed by atoms with Gasteiger partial charge in [-0.15, -0.1) is 0 Å². The van der Waals surface area contributed by atoms with E-state index in [-0.39, 0.29) is 29.6 Å². The van der Waals surface area contributed by atoms with E-state index >= 15 is 0 Å². The lowest BCUT2D eigenvalue weighted by Gasteiger charge is -2.34. The van der Waals surface area contributed by atoms with Gasteiger partial charge in [-0.25, -0.2) is 0 Å². The van der Waals surface area contributed by atoms with Crippen molar-refractivity contribution < 1.29 is 18.9 Å². The average molecular weight is 474 g/mol. The number of anilines is 1. The smallest absolute Gasteiger partial charge is 0.259 e. The maximum Gasteiger partial charge on any atom is 0.259 e. The van der Waals surface area contributed by atoms with Crippen LogP contribution in [0.1, 0.15) is 62.1 Å². The van der Waals surface area contributed by atoms with Crippen molar-refractivity contribution in [3.05, 3.63) is 76.4 Å². The highest BCUT2D eigenvalue weighted by Crippen LogP contribution is 2.42. The van der Waals surface area contributed by atoms with Gasteiger partial charge in [0.2, 0.25) is 5.91 Å². The molecule has 5 rings (SSSR count). The van der Waals surface area contributed by atoms with E-state index in [1.165, 1.54) is 0 Å². The van der Waals surface area contributed by atoms with Gasteiger partial charge in [-0.05, 0) is 68.0 Å². The molecule has 0 radical (unpaired) electrons. The number of pyridine rings is 1. The van der Waals surface area contributed by atoms with Crippen molar-refractivity contribution in [3.63, 3.8) is 0 Å². The molecule has 3 aromatic rings. The number of aromatic nitrogens is 2. The molecule has 180 valence electrons. The standard InChI is InChI=1S/C26H27N5O4/c1-15-22(16(2)35-30-15)26(34)31-10-7-18(8-11-31)23-20-12-19(5-6-21(20)29-25(23)33)24(32)28-14-17-4-3-9-27-13-17/h3-6,9,12-13,18,23H,7-8,10-11,14H2,1-2H3,(H,28,32)(H,29,33)/t23-/m1/s1. The van der Waals surface area contributed by atoms with Crippen LogP contribution < -0.4 is 10.6 Å². The second kappa shape index (κ2) is 9.32. The molecule has 2 aliphatic rings. The lowest BCUT2D eigenvalue weighted by molar-refractivity contribution is -0.118. The summed E-state index contributed by atoms with van der Waals surface area (Å²) >= 11 is 0. The predicted molar refractivity (Wildman–Crippen MR) is 128 cm³/mol. The molecule has 0 spiro atoms. The molecule has 2 aliphatic heterocycles. The van der Waals surface area contributed by atoms with Crippen molar-refractivity contribution in [2.45, 2.75) is 39.2 Å². The second-order valence-corrected chi connectivity index (χ2v) is 9.14. The van der Waals surface area contributed by atoms with Gasteiger partial charge in [0, 0.05) is 43.3 Å². The van der Waals surface area contributed by atoms with Crippen LogP contribution in [-0.2, 0) is 11.3 Å². The molecule has 35 heavy (non-hydrogen) atoms. The Morgan fingerprint density at radius 1 is 1.20 bits per heavy atom. The average Bonchev–Trinajstić information content (AvgIpc) is 3.39. The first-order chi connectivity index (χ1) is 16.9. The molecule has 4 heterocycles. The van der Waals surface area contributed by atoms with Gasteiger partial charge < -0.3 is 20.1 Å². The Morgan fingerprint density at radius 3 is 2.69 bits per heavy atom. The summed E-state index contributed by atoms with van der Waals surface area (Å²) in [5, 5.41) is 9.76. The maximum absolute atomic E-state index is 13.0. The van der Waals surface area contributed by atoms with Crippen LogP contribution in [0.2, 0.25) is 0 Å². The number of nitrogens with zero attached hydrogens (tertiary/aromatic N) is 3. The Labute approximate surface area is 202 Å². The fourth-order valence-corrected chi connectivity index (χ4v) is 5.06. The molecule has 9 heteroatoms. The zero-order valence-electron chi connectivity index (χ0n) is 19.7. The van der Waals surface area contributed by atoms with Crippen molar-refractivity contribution in [2.75, 3.05) is 18.4 Å². The van der Waals surface area contributed by atoms with Crippen LogP contribution in [0.4, 0.5) is 5.69 Å². The fourth-order valence-electron chi connectivity index (χ4n) is 5.06. The number of carbonyl (C=O) groups excluding carboxylic acids is 3. The molecule has 2 N–H and O–H groups in total. The number of nitrogens with one attached hydrogen (secondary N) is 2. The molecule has 1 aromatic carbocycles. The Hall–Kier alpha value is -4.01. The lowest BCUT2D eigenvalue weighted by Crippen LogP contribution is -2.41. The Bertz CT molecular complexity index is 1260. The second-order valence-electron chi connectivity index (χ2n) is 9.14. The molecule has 9 nitrogen and oxygen atoms in total. The maximum atomic E-state index is 13.0. The summed E-state index contributed by atoms with van der Waals surface area (Å²) in [6.45, 7) is 4.99. The third kappa shape index (κ3) is 4.41. The van der Waals surface area contributed by atoms with Crippen molar-refractivity contribution in [2.24, 2.45) is 5.92 Å². The predicted octanol–water partition coefficient (Wildman–Crippen LogP) is 3.20. The van der Waals surface area contributed by atoms with Gasteiger partial charge in [0.1, 0.15) is 11.3 Å². The topological polar surface area (TPSA) is 117 Å².